The summed E-state index contributed by atoms with van der Waals surface area (Å²) in [6, 6.07) is 15.4. The minimum atomic E-state index is -0.102. The Morgan fingerprint density at radius 3 is 2.16 bits per heavy atom. The summed E-state index contributed by atoms with van der Waals surface area (Å²) < 4.78 is 0. The van der Waals surface area contributed by atoms with E-state index in [1.807, 2.05) is 48.2 Å². The van der Waals surface area contributed by atoms with Crippen molar-refractivity contribution in [2.24, 2.45) is 5.92 Å². The first-order valence-corrected chi connectivity index (χ1v) is 14.0. The van der Waals surface area contributed by atoms with Crippen LogP contribution in [0.3, 0.4) is 0 Å². The maximum atomic E-state index is 13.2. The van der Waals surface area contributed by atoms with E-state index in [1.165, 1.54) is 5.56 Å². The molecule has 1 aliphatic heterocycles. The summed E-state index contributed by atoms with van der Waals surface area (Å²) in [4.78, 5) is 40.9. The summed E-state index contributed by atoms with van der Waals surface area (Å²) >= 11 is 0. The van der Waals surface area contributed by atoms with Crippen LogP contribution in [0.1, 0.15) is 90.1 Å². The van der Waals surface area contributed by atoms with Crippen molar-refractivity contribution in [1.82, 2.24) is 15.5 Å². The van der Waals surface area contributed by atoms with E-state index in [4.69, 9.17) is 0 Å². The number of likely N-dealkylation sites (tertiary alicyclic amines) is 1. The molecule has 0 spiro atoms. The summed E-state index contributed by atoms with van der Waals surface area (Å²) in [7, 11) is 0. The molecule has 1 heterocycles. The van der Waals surface area contributed by atoms with Crippen LogP contribution < -0.4 is 10.6 Å². The Kier molecular flexibility index (Phi) is 9.37. The molecule has 6 nitrogen and oxygen atoms in total. The molecule has 6 heteroatoms. The largest absolute Gasteiger partial charge is 0.351 e. The van der Waals surface area contributed by atoms with E-state index in [9.17, 15) is 14.4 Å². The van der Waals surface area contributed by atoms with Gasteiger partial charge in [-0.3, -0.25) is 14.4 Å². The maximum absolute atomic E-state index is 13.2. The van der Waals surface area contributed by atoms with Crippen molar-refractivity contribution in [3.63, 3.8) is 0 Å². The molecule has 2 atom stereocenters. The highest BCUT2D eigenvalue weighted by atomic mass is 16.2. The predicted molar refractivity (Wildman–Crippen MR) is 147 cm³/mol. The van der Waals surface area contributed by atoms with Gasteiger partial charge in [0.1, 0.15) is 0 Å². The lowest BCUT2D eigenvalue weighted by Gasteiger charge is -2.36. The summed E-state index contributed by atoms with van der Waals surface area (Å²) in [5.41, 5.74) is 3.62. The molecule has 2 aliphatic rings. The zero-order valence-corrected chi connectivity index (χ0v) is 22.3. The lowest BCUT2D eigenvalue weighted by Crippen LogP contribution is -2.55. The molecule has 198 valence electrons. The number of rotatable bonds is 8. The average molecular weight is 504 g/mol. The number of amides is 3. The number of carbonyl (C=O) groups is 3. The van der Waals surface area contributed by atoms with Crippen LogP contribution in [-0.2, 0) is 11.2 Å². The van der Waals surface area contributed by atoms with Gasteiger partial charge in [-0.1, -0.05) is 56.5 Å². The summed E-state index contributed by atoms with van der Waals surface area (Å²) in [5, 5.41) is 6.43. The molecule has 2 aromatic rings. The van der Waals surface area contributed by atoms with Gasteiger partial charge in [0, 0.05) is 42.2 Å². The Balaban J connectivity index is 1.28. The number of hydrogen-bond donors (Lipinski definition) is 2. The number of nitrogens with zero attached hydrogens (tertiary/aromatic N) is 1. The van der Waals surface area contributed by atoms with Crippen LogP contribution in [0.4, 0.5) is 0 Å². The van der Waals surface area contributed by atoms with Crippen molar-refractivity contribution < 1.29 is 14.4 Å². The predicted octanol–water partition coefficient (Wildman–Crippen LogP) is 5.05. The third-order valence-electron chi connectivity index (χ3n) is 7.97. The van der Waals surface area contributed by atoms with E-state index in [-0.39, 0.29) is 35.7 Å². The van der Waals surface area contributed by atoms with Crippen LogP contribution in [0.15, 0.2) is 48.5 Å². The van der Waals surface area contributed by atoms with Gasteiger partial charge in [0.05, 0.1) is 0 Å². The van der Waals surface area contributed by atoms with E-state index in [0.29, 0.717) is 31.5 Å². The van der Waals surface area contributed by atoms with Gasteiger partial charge in [-0.25, -0.2) is 0 Å². The quantitative estimate of drug-likeness (QED) is 0.529. The number of nitrogens with one attached hydrogen (secondary N) is 2. The van der Waals surface area contributed by atoms with Crippen LogP contribution in [0.5, 0.6) is 0 Å². The molecule has 1 saturated heterocycles. The van der Waals surface area contributed by atoms with Crippen molar-refractivity contribution in [3.05, 3.63) is 70.8 Å². The van der Waals surface area contributed by atoms with Crippen molar-refractivity contribution in [3.8, 4) is 0 Å². The topological polar surface area (TPSA) is 78.5 Å². The Labute approximate surface area is 221 Å². The smallest absolute Gasteiger partial charge is 0.253 e. The van der Waals surface area contributed by atoms with Gasteiger partial charge in [0.2, 0.25) is 5.91 Å². The zero-order valence-electron chi connectivity index (χ0n) is 22.3. The fourth-order valence-electron chi connectivity index (χ4n) is 5.57. The monoisotopic (exact) mass is 503 g/mol. The Morgan fingerprint density at radius 1 is 0.865 bits per heavy atom. The van der Waals surface area contributed by atoms with Crippen LogP contribution in [-0.4, -0.2) is 47.8 Å². The minimum Gasteiger partial charge on any atom is -0.351 e. The second-order valence-electron chi connectivity index (χ2n) is 10.7. The summed E-state index contributed by atoms with van der Waals surface area (Å²) in [5.74, 6) is -0.0776. The number of piperidine rings is 1. The molecule has 1 aliphatic carbocycles. The molecule has 37 heavy (non-hydrogen) atoms. The van der Waals surface area contributed by atoms with Gasteiger partial charge in [-0.2, -0.15) is 0 Å². The fourth-order valence-corrected chi connectivity index (χ4v) is 5.57. The van der Waals surface area contributed by atoms with Crippen molar-refractivity contribution in [2.75, 3.05) is 13.1 Å². The first-order chi connectivity index (χ1) is 18.0. The molecule has 4 rings (SSSR count). The SMILES string of the molecule is CCCCc1ccc(C(=O)N2CCC(C(=O)N[C@@H]3CCCC[C@H]3NC(=O)c3ccccc3C)CC2)cc1. The fraction of sp³-hybridized carbons (Fsp3) is 0.516. The molecule has 1 saturated carbocycles. The van der Waals surface area contributed by atoms with Crippen LogP contribution >= 0.6 is 0 Å². The Hall–Kier alpha value is -3.15. The first-order valence-electron chi connectivity index (χ1n) is 14.0. The minimum absolute atomic E-state index is 0.0483. The van der Waals surface area contributed by atoms with Gasteiger partial charge in [-0.15, -0.1) is 0 Å². The highest BCUT2D eigenvalue weighted by Gasteiger charge is 2.32. The third-order valence-corrected chi connectivity index (χ3v) is 7.97. The molecule has 2 N–H and O–H groups in total. The van der Waals surface area contributed by atoms with Gasteiger partial charge in [0.15, 0.2) is 0 Å². The molecule has 0 bridgehead atoms. The highest BCUT2D eigenvalue weighted by Crippen LogP contribution is 2.23. The van der Waals surface area contributed by atoms with Crippen LogP contribution in [0.25, 0.3) is 0 Å². The van der Waals surface area contributed by atoms with Crippen molar-refractivity contribution >= 4 is 17.7 Å². The first kappa shape index (κ1) is 26.9. The Bertz CT molecular complexity index is 1070. The number of hydrogen-bond acceptors (Lipinski definition) is 3. The molecule has 0 unspecified atom stereocenters. The normalized spacial score (nSPS) is 20.3. The van der Waals surface area contributed by atoms with Gasteiger partial charge >= 0.3 is 0 Å². The molecule has 0 aromatic heterocycles. The van der Waals surface area contributed by atoms with Gasteiger partial charge < -0.3 is 15.5 Å². The standard InChI is InChI=1S/C31H41N3O3/c1-3-4-10-23-14-16-25(17-15-23)31(37)34-20-18-24(19-21-34)29(35)32-27-12-7-8-13-28(27)33-30(36)26-11-6-5-9-22(26)2/h5-6,9,11,14-17,24,27-28H,3-4,7-8,10,12-13,18-21H2,1-2H3,(H,32,35)(H,33,36)/t27-,28-/m1/s1. The lowest BCUT2D eigenvalue weighted by molar-refractivity contribution is -0.127. The summed E-state index contributed by atoms with van der Waals surface area (Å²) in [6.07, 6.45) is 8.52. The highest BCUT2D eigenvalue weighted by molar-refractivity contribution is 5.96. The second kappa shape index (κ2) is 12.9. The van der Waals surface area contributed by atoms with Crippen LogP contribution in [0.2, 0.25) is 0 Å². The second-order valence-corrected chi connectivity index (χ2v) is 10.7. The Morgan fingerprint density at radius 2 is 1.51 bits per heavy atom. The maximum Gasteiger partial charge on any atom is 0.253 e. The van der Waals surface area contributed by atoms with E-state index < -0.39 is 0 Å². The third kappa shape index (κ3) is 7.00. The van der Waals surface area contributed by atoms with Crippen LogP contribution in [0, 0.1) is 12.8 Å². The van der Waals surface area contributed by atoms with E-state index in [0.717, 1.165) is 56.1 Å². The number of unbranched alkanes of at least 4 members (excludes halogenated alkanes) is 1. The van der Waals surface area contributed by atoms with Crippen molar-refractivity contribution in [2.45, 2.75) is 83.7 Å². The molecular formula is C31H41N3O3. The molecule has 3 amide bonds. The van der Waals surface area contributed by atoms with E-state index in [1.54, 1.807) is 0 Å². The van der Waals surface area contributed by atoms with E-state index in [2.05, 4.69) is 29.7 Å². The van der Waals surface area contributed by atoms with Gasteiger partial charge in [0.25, 0.3) is 11.8 Å². The average Bonchev–Trinajstić information content (AvgIpc) is 2.93. The summed E-state index contributed by atoms with van der Waals surface area (Å²) in [6.45, 7) is 5.30. The molecule has 2 aromatic carbocycles. The molecular weight excluding hydrogens is 462 g/mol. The zero-order chi connectivity index (χ0) is 26.2. The lowest BCUT2D eigenvalue weighted by atomic mass is 9.88. The van der Waals surface area contributed by atoms with Gasteiger partial charge in [-0.05, 0) is 74.8 Å². The molecule has 0 radical (unpaired) electrons. The number of carbonyl (C=O) groups excluding carboxylic acids is 3. The van der Waals surface area contributed by atoms with E-state index >= 15 is 0 Å². The number of aryl methyl sites for hydroxylation is 2. The van der Waals surface area contributed by atoms with Crippen molar-refractivity contribution in [1.29, 1.82) is 0 Å². The number of benzene rings is 2. The molecule has 2 fully saturated rings.